The first-order chi connectivity index (χ1) is 15.9. The maximum atomic E-state index is 13.2. The second-order valence-electron chi connectivity index (χ2n) is 7.20. The fraction of sp³-hybridized carbons (Fsp3) is 0.182. The van der Waals surface area contributed by atoms with E-state index < -0.39 is 18.2 Å². The Labute approximate surface area is 189 Å². The lowest BCUT2D eigenvalue weighted by Gasteiger charge is -2.38. The van der Waals surface area contributed by atoms with Crippen molar-refractivity contribution in [3.63, 3.8) is 0 Å². The number of carbonyl (C=O) groups is 1. The molecule has 3 heterocycles. The highest BCUT2D eigenvalue weighted by atomic mass is 32.1. The number of nitrogens with zero attached hydrogens (tertiary/aromatic N) is 4. The van der Waals surface area contributed by atoms with E-state index >= 15 is 0 Å². The standard InChI is InChI=1S/C22H15F3N4O3S/c23-22(24,25)31-16-9-5-4-8-14(16)19-27-20(32-28-19)15-10-11-29(15)21(30)17-18(33-12-26-17)13-6-2-1-3-7-13/h1-9,12,15H,10-11H2. The van der Waals surface area contributed by atoms with E-state index in [0.717, 1.165) is 10.4 Å². The highest BCUT2D eigenvalue weighted by Gasteiger charge is 2.40. The maximum absolute atomic E-state index is 13.2. The average molecular weight is 472 g/mol. The van der Waals surface area contributed by atoms with Crippen LogP contribution in [0.4, 0.5) is 13.2 Å². The molecule has 0 spiro atoms. The molecule has 1 unspecified atom stereocenters. The molecular formula is C22H15F3N4O3S. The summed E-state index contributed by atoms with van der Waals surface area (Å²) in [6.07, 6.45) is -4.28. The topological polar surface area (TPSA) is 81.4 Å². The van der Waals surface area contributed by atoms with Gasteiger partial charge in [0.05, 0.1) is 16.0 Å². The normalized spacial score (nSPS) is 15.8. The summed E-state index contributed by atoms with van der Waals surface area (Å²) < 4.78 is 47.6. The lowest BCUT2D eigenvalue weighted by molar-refractivity contribution is -0.274. The Kier molecular flexibility index (Phi) is 5.33. The van der Waals surface area contributed by atoms with E-state index in [9.17, 15) is 18.0 Å². The van der Waals surface area contributed by atoms with Crippen LogP contribution < -0.4 is 4.74 Å². The lowest BCUT2D eigenvalue weighted by atomic mass is 10.0. The van der Waals surface area contributed by atoms with Crippen LogP contribution in [0.2, 0.25) is 0 Å². The number of hydrogen-bond acceptors (Lipinski definition) is 7. The van der Waals surface area contributed by atoms with Crippen molar-refractivity contribution in [2.75, 3.05) is 6.54 Å². The van der Waals surface area contributed by atoms with Gasteiger partial charge in [-0.3, -0.25) is 4.79 Å². The summed E-state index contributed by atoms with van der Waals surface area (Å²) in [6, 6.07) is 14.5. The van der Waals surface area contributed by atoms with Gasteiger partial charge in [-0.15, -0.1) is 24.5 Å². The van der Waals surface area contributed by atoms with E-state index in [1.165, 1.54) is 29.5 Å². The number of alkyl halides is 3. The molecule has 2 aromatic carbocycles. The largest absolute Gasteiger partial charge is 0.573 e. The maximum Gasteiger partial charge on any atom is 0.573 e. The van der Waals surface area contributed by atoms with Gasteiger partial charge in [-0.05, 0) is 24.1 Å². The molecule has 0 bridgehead atoms. The van der Waals surface area contributed by atoms with E-state index in [0.29, 0.717) is 18.7 Å². The highest BCUT2D eigenvalue weighted by molar-refractivity contribution is 7.13. The van der Waals surface area contributed by atoms with Crippen LogP contribution in [0, 0.1) is 0 Å². The molecule has 1 amide bonds. The molecule has 4 aromatic rings. The van der Waals surface area contributed by atoms with Crippen molar-refractivity contribution in [2.24, 2.45) is 0 Å². The van der Waals surface area contributed by atoms with Crippen molar-refractivity contribution in [2.45, 2.75) is 18.8 Å². The van der Waals surface area contributed by atoms with Gasteiger partial charge in [-0.2, -0.15) is 4.98 Å². The SMILES string of the molecule is O=C(c1ncsc1-c1ccccc1)N1CCC1c1nc(-c2ccccc2OC(F)(F)F)no1. The second kappa shape index (κ2) is 8.32. The number of amides is 1. The molecule has 1 aliphatic rings. The molecule has 7 nitrogen and oxygen atoms in total. The number of halogens is 3. The number of hydrogen-bond donors (Lipinski definition) is 0. The van der Waals surface area contributed by atoms with Crippen LogP contribution in [0.25, 0.3) is 21.8 Å². The number of likely N-dealkylation sites (tertiary alicyclic amines) is 1. The number of para-hydroxylation sites is 1. The number of ether oxygens (including phenoxy) is 1. The highest BCUT2D eigenvalue weighted by Crippen LogP contribution is 2.38. The van der Waals surface area contributed by atoms with Gasteiger partial charge < -0.3 is 14.2 Å². The van der Waals surface area contributed by atoms with E-state index in [-0.39, 0.29) is 23.2 Å². The molecular weight excluding hydrogens is 457 g/mol. The van der Waals surface area contributed by atoms with Gasteiger partial charge in [0.2, 0.25) is 11.7 Å². The van der Waals surface area contributed by atoms with E-state index in [1.807, 2.05) is 30.3 Å². The number of carbonyl (C=O) groups excluding carboxylic acids is 1. The van der Waals surface area contributed by atoms with Crippen molar-refractivity contribution in [3.8, 4) is 27.6 Å². The predicted octanol–water partition coefficient (Wildman–Crippen LogP) is 5.35. The average Bonchev–Trinajstić information content (AvgIpc) is 3.43. The van der Waals surface area contributed by atoms with Crippen molar-refractivity contribution < 1.29 is 27.2 Å². The number of aromatic nitrogens is 3. The Hall–Kier alpha value is -3.73. The zero-order chi connectivity index (χ0) is 23.0. The molecule has 1 saturated heterocycles. The van der Waals surface area contributed by atoms with Gasteiger partial charge >= 0.3 is 6.36 Å². The van der Waals surface area contributed by atoms with Gasteiger partial charge in [-0.1, -0.05) is 47.6 Å². The van der Waals surface area contributed by atoms with E-state index in [1.54, 1.807) is 16.5 Å². The lowest BCUT2D eigenvalue weighted by Crippen LogP contribution is -2.45. The summed E-state index contributed by atoms with van der Waals surface area (Å²) in [5.74, 6) is -0.619. The number of thiazole rings is 1. The van der Waals surface area contributed by atoms with Crippen LogP contribution in [0.3, 0.4) is 0 Å². The summed E-state index contributed by atoms with van der Waals surface area (Å²) in [5, 5.41) is 3.82. The number of rotatable bonds is 5. The Bertz CT molecular complexity index is 1290. The molecule has 0 radical (unpaired) electrons. The third-order valence-electron chi connectivity index (χ3n) is 5.17. The first-order valence-corrected chi connectivity index (χ1v) is 10.8. The minimum absolute atomic E-state index is 0.0351. The van der Waals surface area contributed by atoms with Crippen LogP contribution in [-0.2, 0) is 0 Å². The van der Waals surface area contributed by atoms with Gasteiger partial charge in [0.25, 0.3) is 5.91 Å². The summed E-state index contributed by atoms with van der Waals surface area (Å²) in [7, 11) is 0. The quantitative estimate of drug-likeness (QED) is 0.390. The summed E-state index contributed by atoms with van der Waals surface area (Å²) >= 11 is 1.37. The minimum Gasteiger partial charge on any atom is -0.405 e. The van der Waals surface area contributed by atoms with Crippen LogP contribution in [0.1, 0.15) is 28.8 Å². The minimum atomic E-state index is -4.86. The molecule has 2 aromatic heterocycles. The Morgan fingerprint density at radius 3 is 2.61 bits per heavy atom. The molecule has 33 heavy (non-hydrogen) atoms. The fourth-order valence-corrected chi connectivity index (χ4v) is 4.35. The van der Waals surface area contributed by atoms with E-state index in [2.05, 4.69) is 19.9 Å². The smallest absolute Gasteiger partial charge is 0.405 e. The third-order valence-corrected chi connectivity index (χ3v) is 6.04. The molecule has 0 aliphatic carbocycles. The summed E-state index contributed by atoms with van der Waals surface area (Å²) in [6.45, 7) is 0.473. The van der Waals surface area contributed by atoms with Crippen molar-refractivity contribution in [1.82, 2.24) is 20.0 Å². The molecule has 1 aliphatic heterocycles. The zero-order valence-corrected chi connectivity index (χ0v) is 17.6. The first-order valence-electron chi connectivity index (χ1n) is 9.89. The molecule has 1 atom stereocenters. The summed E-state index contributed by atoms with van der Waals surface area (Å²) in [5.41, 5.74) is 2.88. The van der Waals surface area contributed by atoms with E-state index in [4.69, 9.17) is 4.52 Å². The molecule has 11 heteroatoms. The van der Waals surface area contributed by atoms with Crippen LogP contribution in [0.15, 0.2) is 64.6 Å². The van der Waals surface area contributed by atoms with Crippen LogP contribution in [0.5, 0.6) is 5.75 Å². The third kappa shape index (κ3) is 4.19. The fourth-order valence-electron chi connectivity index (χ4n) is 3.56. The van der Waals surface area contributed by atoms with Crippen molar-refractivity contribution in [3.05, 3.63) is 71.7 Å². The van der Waals surface area contributed by atoms with Gasteiger partial charge in [0.15, 0.2) is 0 Å². The monoisotopic (exact) mass is 472 g/mol. The van der Waals surface area contributed by atoms with Gasteiger partial charge in [-0.25, -0.2) is 4.98 Å². The molecule has 168 valence electrons. The Morgan fingerprint density at radius 2 is 1.88 bits per heavy atom. The molecule has 1 fully saturated rings. The van der Waals surface area contributed by atoms with Crippen molar-refractivity contribution >= 4 is 17.2 Å². The van der Waals surface area contributed by atoms with Gasteiger partial charge in [0, 0.05) is 6.54 Å². The van der Waals surface area contributed by atoms with Crippen LogP contribution >= 0.6 is 11.3 Å². The van der Waals surface area contributed by atoms with Crippen LogP contribution in [-0.4, -0.2) is 38.8 Å². The summed E-state index contributed by atoms with van der Waals surface area (Å²) in [4.78, 5) is 24.0. The second-order valence-corrected chi connectivity index (χ2v) is 8.05. The number of benzene rings is 2. The predicted molar refractivity (Wildman–Crippen MR) is 112 cm³/mol. The van der Waals surface area contributed by atoms with Gasteiger partial charge in [0.1, 0.15) is 17.5 Å². The Balaban J connectivity index is 1.39. The first kappa shape index (κ1) is 21.1. The molecule has 0 saturated carbocycles. The Morgan fingerprint density at radius 1 is 1.12 bits per heavy atom. The molecule has 0 N–H and O–H groups in total. The zero-order valence-electron chi connectivity index (χ0n) is 16.8. The van der Waals surface area contributed by atoms with Crippen molar-refractivity contribution in [1.29, 1.82) is 0 Å². The molecule has 5 rings (SSSR count).